The number of alkyl halides is 3. The molecule has 0 bridgehead atoms. The van der Waals surface area contributed by atoms with Gasteiger partial charge in [-0.3, -0.25) is 19.3 Å². The van der Waals surface area contributed by atoms with Gasteiger partial charge in [-0.15, -0.1) is 0 Å². The van der Waals surface area contributed by atoms with Crippen LogP contribution in [0.4, 0.5) is 18.9 Å². The third-order valence-electron chi connectivity index (χ3n) is 6.32. The number of amides is 2. The second kappa shape index (κ2) is 7.33. The van der Waals surface area contributed by atoms with Crippen LogP contribution in [0.5, 0.6) is 11.5 Å². The molecule has 172 valence electrons. The summed E-state index contributed by atoms with van der Waals surface area (Å²) in [5.74, 6) is -0.0742. The second-order valence-corrected chi connectivity index (χ2v) is 8.39. The molecule has 1 saturated heterocycles. The van der Waals surface area contributed by atoms with Crippen LogP contribution in [0.1, 0.15) is 44.3 Å². The molecule has 34 heavy (non-hydrogen) atoms. The summed E-state index contributed by atoms with van der Waals surface area (Å²) < 4.78 is 46.3. The Balaban J connectivity index is 1.36. The molecule has 1 fully saturated rings. The minimum atomic E-state index is -4.54. The van der Waals surface area contributed by atoms with Gasteiger partial charge in [0.2, 0.25) is 0 Å². The molecule has 0 radical (unpaired) electrons. The van der Waals surface area contributed by atoms with E-state index in [2.05, 4.69) is 0 Å². The normalized spacial score (nSPS) is 20.9. The first-order valence-corrected chi connectivity index (χ1v) is 10.7. The fourth-order valence-corrected chi connectivity index (χ4v) is 4.74. The van der Waals surface area contributed by atoms with Gasteiger partial charge in [0.25, 0.3) is 11.8 Å². The highest BCUT2D eigenvalue weighted by molar-refractivity contribution is 6.21. The SMILES string of the molecule is O=C1c2ccccc2C(=O)N1C[C@H]1C[C@@H]2c3ccccc3Oc3ccc(C(F)(F)F)cc3N2O1. The molecule has 0 spiro atoms. The first kappa shape index (κ1) is 20.7. The highest BCUT2D eigenvalue weighted by atomic mass is 19.4. The summed E-state index contributed by atoms with van der Waals surface area (Å²) in [4.78, 5) is 32.8. The Hall–Kier alpha value is -3.85. The number of fused-ring (bicyclic) bond motifs is 6. The Labute approximate surface area is 192 Å². The first-order valence-electron chi connectivity index (χ1n) is 10.7. The van der Waals surface area contributed by atoms with Crippen LogP contribution in [0.3, 0.4) is 0 Å². The molecule has 0 aromatic heterocycles. The maximum Gasteiger partial charge on any atom is 0.416 e. The molecule has 3 heterocycles. The number of para-hydroxylation sites is 1. The van der Waals surface area contributed by atoms with Gasteiger partial charge in [0.05, 0.1) is 29.3 Å². The lowest BCUT2D eigenvalue weighted by Crippen LogP contribution is -2.37. The number of benzene rings is 3. The van der Waals surface area contributed by atoms with E-state index in [0.29, 0.717) is 23.3 Å². The minimum absolute atomic E-state index is 0.0172. The van der Waals surface area contributed by atoms with Gasteiger partial charge in [0.15, 0.2) is 5.75 Å². The Morgan fingerprint density at radius 2 is 1.56 bits per heavy atom. The van der Waals surface area contributed by atoms with Gasteiger partial charge in [-0.2, -0.15) is 13.2 Å². The average molecular weight is 466 g/mol. The van der Waals surface area contributed by atoms with Crippen LogP contribution >= 0.6 is 0 Å². The van der Waals surface area contributed by atoms with Gasteiger partial charge < -0.3 is 4.74 Å². The van der Waals surface area contributed by atoms with Crippen molar-refractivity contribution in [1.82, 2.24) is 4.90 Å². The molecular weight excluding hydrogens is 449 g/mol. The summed E-state index contributed by atoms with van der Waals surface area (Å²) in [7, 11) is 0. The number of imide groups is 1. The fraction of sp³-hybridized carbons (Fsp3) is 0.200. The lowest BCUT2D eigenvalue weighted by atomic mass is 10.00. The molecule has 2 atom stereocenters. The third-order valence-corrected chi connectivity index (χ3v) is 6.32. The standard InChI is InChI=1S/C25H17F3N2O4/c26-25(27,28)14-9-10-22-20(11-14)30-19(18-7-3-4-8-21(18)33-22)12-15(34-30)13-29-23(31)16-5-1-2-6-17(16)24(29)32/h1-11,15,19H,12-13H2/t15-,19-/m1/s1. The molecule has 3 aromatic rings. The van der Waals surface area contributed by atoms with Crippen molar-refractivity contribution >= 4 is 17.5 Å². The molecule has 3 aliphatic rings. The summed E-state index contributed by atoms with van der Waals surface area (Å²) in [5.41, 5.74) is 0.725. The van der Waals surface area contributed by atoms with Gasteiger partial charge in [-0.25, -0.2) is 5.06 Å². The zero-order chi connectivity index (χ0) is 23.6. The maximum atomic E-state index is 13.4. The molecular formula is C25H17F3N2O4. The predicted octanol–water partition coefficient (Wildman–Crippen LogP) is 5.36. The predicted molar refractivity (Wildman–Crippen MR) is 114 cm³/mol. The molecule has 3 aromatic carbocycles. The third kappa shape index (κ3) is 3.15. The van der Waals surface area contributed by atoms with Crippen molar-refractivity contribution in [2.45, 2.75) is 24.7 Å². The number of anilines is 1. The van der Waals surface area contributed by atoms with Gasteiger partial charge >= 0.3 is 6.18 Å². The van der Waals surface area contributed by atoms with Crippen molar-refractivity contribution in [3.05, 3.63) is 89.0 Å². The van der Waals surface area contributed by atoms with Crippen molar-refractivity contribution in [3.63, 3.8) is 0 Å². The number of hydroxylamine groups is 1. The van der Waals surface area contributed by atoms with Crippen molar-refractivity contribution in [2.24, 2.45) is 0 Å². The van der Waals surface area contributed by atoms with E-state index in [1.165, 1.54) is 11.1 Å². The summed E-state index contributed by atoms with van der Waals surface area (Å²) >= 11 is 0. The molecule has 6 rings (SSSR count). The monoisotopic (exact) mass is 466 g/mol. The molecule has 2 amide bonds. The largest absolute Gasteiger partial charge is 0.455 e. The van der Waals surface area contributed by atoms with Gasteiger partial charge in [0.1, 0.15) is 17.5 Å². The summed E-state index contributed by atoms with van der Waals surface area (Å²) in [6.45, 7) is -0.0172. The number of halogens is 3. The van der Waals surface area contributed by atoms with Crippen LogP contribution in [0.25, 0.3) is 0 Å². The lowest BCUT2D eigenvalue weighted by molar-refractivity contribution is -0.137. The van der Waals surface area contributed by atoms with Crippen molar-refractivity contribution in [2.75, 3.05) is 11.6 Å². The van der Waals surface area contributed by atoms with Crippen LogP contribution in [-0.2, 0) is 11.0 Å². The Morgan fingerprint density at radius 1 is 0.882 bits per heavy atom. The molecule has 0 N–H and O–H groups in total. The number of ether oxygens (including phenoxy) is 1. The molecule has 0 unspecified atom stereocenters. The zero-order valence-electron chi connectivity index (χ0n) is 17.6. The van der Waals surface area contributed by atoms with Crippen LogP contribution in [0, 0.1) is 0 Å². The Bertz CT molecular complexity index is 1300. The number of carbonyl (C=O) groups excluding carboxylic acids is 2. The van der Waals surface area contributed by atoms with E-state index < -0.39 is 35.7 Å². The van der Waals surface area contributed by atoms with Crippen molar-refractivity contribution in [3.8, 4) is 11.5 Å². The van der Waals surface area contributed by atoms with E-state index in [4.69, 9.17) is 9.57 Å². The van der Waals surface area contributed by atoms with Gasteiger partial charge in [-0.1, -0.05) is 30.3 Å². The lowest BCUT2D eigenvalue weighted by Gasteiger charge is -2.25. The molecule has 6 nitrogen and oxygen atoms in total. The number of rotatable bonds is 2. The number of hydrogen-bond donors (Lipinski definition) is 0. The van der Waals surface area contributed by atoms with Crippen molar-refractivity contribution in [1.29, 1.82) is 0 Å². The first-order chi connectivity index (χ1) is 16.3. The fourth-order valence-electron chi connectivity index (χ4n) is 4.74. The number of carbonyl (C=O) groups is 2. The number of nitrogens with zero attached hydrogens (tertiary/aromatic N) is 2. The topological polar surface area (TPSA) is 59.1 Å². The average Bonchev–Trinajstić information content (AvgIpc) is 3.30. The van der Waals surface area contributed by atoms with E-state index in [1.807, 2.05) is 12.1 Å². The van der Waals surface area contributed by atoms with E-state index in [9.17, 15) is 22.8 Å². The quantitative estimate of drug-likeness (QED) is 0.476. The minimum Gasteiger partial charge on any atom is -0.455 e. The molecule has 9 heteroatoms. The van der Waals surface area contributed by atoms with E-state index in [1.54, 1.807) is 36.4 Å². The van der Waals surface area contributed by atoms with E-state index in [-0.39, 0.29) is 18.0 Å². The highest BCUT2D eigenvalue weighted by Gasteiger charge is 2.44. The Morgan fingerprint density at radius 3 is 2.26 bits per heavy atom. The van der Waals surface area contributed by atoms with Crippen LogP contribution in [0.2, 0.25) is 0 Å². The van der Waals surface area contributed by atoms with Gasteiger partial charge in [0, 0.05) is 12.0 Å². The second-order valence-electron chi connectivity index (χ2n) is 8.39. The van der Waals surface area contributed by atoms with Crippen molar-refractivity contribution < 1.29 is 32.3 Å². The summed E-state index contributed by atoms with van der Waals surface area (Å²) in [6.07, 6.45) is -4.80. The van der Waals surface area contributed by atoms with Gasteiger partial charge in [-0.05, 0) is 36.4 Å². The summed E-state index contributed by atoms with van der Waals surface area (Å²) in [6, 6.07) is 16.5. The van der Waals surface area contributed by atoms with Crippen LogP contribution < -0.4 is 9.80 Å². The van der Waals surface area contributed by atoms with E-state index in [0.717, 1.165) is 22.6 Å². The molecule has 0 aliphatic carbocycles. The zero-order valence-corrected chi connectivity index (χ0v) is 17.6. The van der Waals surface area contributed by atoms with Crippen LogP contribution in [-0.4, -0.2) is 29.4 Å². The maximum absolute atomic E-state index is 13.4. The van der Waals surface area contributed by atoms with Crippen LogP contribution in [0.15, 0.2) is 66.7 Å². The Kier molecular flexibility index (Phi) is 4.47. The number of hydrogen-bond acceptors (Lipinski definition) is 5. The smallest absolute Gasteiger partial charge is 0.416 e. The highest BCUT2D eigenvalue weighted by Crippen LogP contribution is 2.50. The molecule has 0 saturated carbocycles. The van der Waals surface area contributed by atoms with E-state index >= 15 is 0 Å². The molecule has 3 aliphatic heterocycles. The summed E-state index contributed by atoms with van der Waals surface area (Å²) in [5, 5.41) is 1.42.